The zero-order valence-corrected chi connectivity index (χ0v) is 9.69. The van der Waals surface area contributed by atoms with Gasteiger partial charge < -0.3 is 0 Å². The summed E-state index contributed by atoms with van der Waals surface area (Å²) in [5.41, 5.74) is 3.46. The van der Waals surface area contributed by atoms with Gasteiger partial charge in [0, 0.05) is 6.04 Å². The molecule has 2 nitrogen and oxygen atoms in total. The molecule has 0 saturated carbocycles. The smallest absolute Gasteiger partial charge is 0.126 e. The first-order valence-electron chi connectivity index (χ1n) is 4.96. The fraction of sp³-hybridized carbons (Fsp3) is 0.455. The quantitative estimate of drug-likeness (QED) is 0.577. The summed E-state index contributed by atoms with van der Waals surface area (Å²) in [6.07, 6.45) is 3.65. The van der Waals surface area contributed by atoms with Gasteiger partial charge in [0.25, 0.3) is 0 Å². The topological polar surface area (TPSA) is 38.0 Å². The van der Waals surface area contributed by atoms with Gasteiger partial charge in [-0.15, -0.1) is 0 Å². The molecule has 0 fully saturated rings. The van der Waals surface area contributed by atoms with Gasteiger partial charge in [-0.1, -0.05) is 18.2 Å². The first-order valence-corrected chi connectivity index (χ1v) is 6.35. The Hall–Kier alpha value is -0.580. The van der Waals surface area contributed by atoms with E-state index < -0.39 is 0 Å². The van der Waals surface area contributed by atoms with Crippen LogP contribution in [0.5, 0.6) is 0 Å². The maximum atomic E-state index is 13.3. The van der Waals surface area contributed by atoms with Crippen molar-refractivity contribution in [3.8, 4) is 0 Å². The molecule has 0 radical (unpaired) electrons. The number of rotatable bonds is 6. The summed E-state index contributed by atoms with van der Waals surface area (Å²) in [5.74, 6) is 6.31. The maximum absolute atomic E-state index is 13.3. The summed E-state index contributed by atoms with van der Waals surface area (Å²) in [6.45, 7) is 0. The van der Waals surface area contributed by atoms with Crippen LogP contribution in [-0.4, -0.2) is 18.1 Å². The minimum atomic E-state index is -0.151. The van der Waals surface area contributed by atoms with Gasteiger partial charge in [0.1, 0.15) is 5.82 Å². The van der Waals surface area contributed by atoms with Crippen LogP contribution in [-0.2, 0) is 6.42 Å². The highest BCUT2D eigenvalue weighted by Gasteiger charge is 2.09. The average molecular weight is 228 g/mol. The fourth-order valence-corrected chi connectivity index (χ4v) is 1.95. The highest BCUT2D eigenvalue weighted by atomic mass is 32.2. The summed E-state index contributed by atoms with van der Waals surface area (Å²) < 4.78 is 13.3. The Balaban J connectivity index is 2.54. The van der Waals surface area contributed by atoms with Crippen molar-refractivity contribution in [2.45, 2.75) is 18.9 Å². The van der Waals surface area contributed by atoms with Gasteiger partial charge >= 0.3 is 0 Å². The van der Waals surface area contributed by atoms with Gasteiger partial charge in [-0.25, -0.2) is 4.39 Å². The Morgan fingerprint density at radius 3 is 2.80 bits per heavy atom. The molecule has 0 heterocycles. The van der Waals surface area contributed by atoms with E-state index in [1.165, 1.54) is 6.07 Å². The van der Waals surface area contributed by atoms with Crippen LogP contribution in [0.25, 0.3) is 0 Å². The molecule has 0 aliphatic rings. The van der Waals surface area contributed by atoms with Gasteiger partial charge in [-0.05, 0) is 36.5 Å². The van der Waals surface area contributed by atoms with E-state index in [4.69, 9.17) is 5.84 Å². The van der Waals surface area contributed by atoms with Crippen LogP contribution in [0.1, 0.15) is 12.0 Å². The predicted molar refractivity (Wildman–Crippen MR) is 64.2 cm³/mol. The number of halogens is 1. The minimum absolute atomic E-state index is 0.148. The number of hydrazine groups is 1. The molecule has 84 valence electrons. The normalized spacial score (nSPS) is 12.7. The molecule has 1 atom stereocenters. The van der Waals surface area contributed by atoms with Crippen molar-refractivity contribution >= 4 is 11.8 Å². The second-order valence-corrected chi connectivity index (χ2v) is 4.43. The molecule has 15 heavy (non-hydrogen) atoms. The van der Waals surface area contributed by atoms with Crippen LogP contribution < -0.4 is 11.3 Å². The zero-order chi connectivity index (χ0) is 11.1. The summed E-state index contributed by atoms with van der Waals surface area (Å²) in [7, 11) is 0. The zero-order valence-electron chi connectivity index (χ0n) is 8.87. The first-order chi connectivity index (χ1) is 7.27. The monoisotopic (exact) mass is 228 g/mol. The van der Waals surface area contributed by atoms with E-state index in [-0.39, 0.29) is 11.9 Å². The Morgan fingerprint density at radius 1 is 1.47 bits per heavy atom. The Labute approximate surface area is 94.4 Å². The van der Waals surface area contributed by atoms with E-state index in [2.05, 4.69) is 11.7 Å². The van der Waals surface area contributed by atoms with Crippen molar-refractivity contribution < 1.29 is 4.39 Å². The Kier molecular flexibility index (Phi) is 5.68. The van der Waals surface area contributed by atoms with Crippen molar-refractivity contribution in [3.05, 3.63) is 35.6 Å². The molecule has 0 aliphatic carbocycles. The van der Waals surface area contributed by atoms with Crippen LogP contribution >= 0.6 is 11.8 Å². The van der Waals surface area contributed by atoms with E-state index in [1.807, 2.05) is 6.07 Å². The van der Waals surface area contributed by atoms with E-state index >= 15 is 0 Å². The van der Waals surface area contributed by atoms with E-state index in [0.717, 1.165) is 17.7 Å². The lowest BCUT2D eigenvalue weighted by molar-refractivity contribution is 0.500. The van der Waals surface area contributed by atoms with E-state index in [1.54, 1.807) is 23.9 Å². The van der Waals surface area contributed by atoms with Crippen LogP contribution in [0.3, 0.4) is 0 Å². The molecule has 1 aromatic rings. The predicted octanol–water partition coefficient (Wildman–Crippen LogP) is 1.95. The minimum Gasteiger partial charge on any atom is -0.271 e. The number of nitrogens with two attached hydrogens (primary N) is 1. The molecule has 0 bridgehead atoms. The molecule has 0 saturated heterocycles. The summed E-state index contributed by atoms with van der Waals surface area (Å²) in [5, 5.41) is 0. The van der Waals surface area contributed by atoms with Gasteiger partial charge in [-0.3, -0.25) is 11.3 Å². The molecule has 0 aliphatic heterocycles. The summed E-state index contributed by atoms with van der Waals surface area (Å²) in [4.78, 5) is 0. The highest BCUT2D eigenvalue weighted by Crippen LogP contribution is 2.11. The van der Waals surface area contributed by atoms with Crippen molar-refractivity contribution in [3.63, 3.8) is 0 Å². The maximum Gasteiger partial charge on any atom is 0.126 e. The van der Waals surface area contributed by atoms with Gasteiger partial charge in [0.2, 0.25) is 0 Å². The third kappa shape index (κ3) is 4.20. The number of benzene rings is 1. The van der Waals surface area contributed by atoms with Gasteiger partial charge in [0.05, 0.1) is 0 Å². The molecular weight excluding hydrogens is 211 g/mol. The lowest BCUT2D eigenvalue weighted by Gasteiger charge is -2.15. The third-order valence-corrected chi connectivity index (χ3v) is 2.97. The van der Waals surface area contributed by atoms with Crippen LogP contribution in [0, 0.1) is 5.82 Å². The molecule has 4 heteroatoms. The van der Waals surface area contributed by atoms with Crippen LogP contribution in [0.4, 0.5) is 4.39 Å². The van der Waals surface area contributed by atoms with E-state index in [0.29, 0.717) is 6.42 Å². The summed E-state index contributed by atoms with van der Waals surface area (Å²) >= 11 is 1.77. The Morgan fingerprint density at radius 2 is 2.20 bits per heavy atom. The van der Waals surface area contributed by atoms with E-state index in [9.17, 15) is 4.39 Å². The molecule has 1 rings (SSSR count). The third-order valence-electron chi connectivity index (χ3n) is 2.33. The number of hydrogen-bond donors (Lipinski definition) is 2. The standard InChI is InChI=1S/C11H17FN2S/c1-15-7-6-10(14-13)8-9-4-2-3-5-11(9)12/h2-5,10,14H,6-8,13H2,1H3. The highest BCUT2D eigenvalue weighted by molar-refractivity contribution is 7.98. The second kappa shape index (κ2) is 6.82. The van der Waals surface area contributed by atoms with Crippen molar-refractivity contribution in [1.29, 1.82) is 0 Å². The lowest BCUT2D eigenvalue weighted by atomic mass is 10.0. The molecule has 0 aromatic heterocycles. The average Bonchev–Trinajstić information content (AvgIpc) is 2.26. The lowest BCUT2D eigenvalue weighted by Crippen LogP contribution is -2.37. The first kappa shape index (κ1) is 12.5. The molecule has 1 aromatic carbocycles. The Bertz CT molecular complexity index is 294. The van der Waals surface area contributed by atoms with Gasteiger partial charge in [-0.2, -0.15) is 11.8 Å². The molecule has 0 spiro atoms. The van der Waals surface area contributed by atoms with Gasteiger partial charge in [0.15, 0.2) is 0 Å². The molecule has 1 unspecified atom stereocenters. The molecule has 0 amide bonds. The number of thioether (sulfide) groups is 1. The number of hydrogen-bond acceptors (Lipinski definition) is 3. The molecule has 3 N–H and O–H groups in total. The van der Waals surface area contributed by atoms with Crippen molar-refractivity contribution in [2.24, 2.45) is 5.84 Å². The van der Waals surface area contributed by atoms with Crippen molar-refractivity contribution in [1.82, 2.24) is 5.43 Å². The van der Waals surface area contributed by atoms with Crippen LogP contribution in [0.2, 0.25) is 0 Å². The largest absolute Gasteiger partial charge is 0.271 e. The van der Waals surface area contributed by atoms with Crippen molar-refractivity contribution in [2.75, 3.05) is 12.0 Å². The fourth-order valence-electron chi connectivity index (χ4n) is 1.43. The summed E-state index contributed by atoms with van der Waals surface area (Å²) in [6, 6.07) is 6.98. The van der Waals surface area contributed by atoms with Crippen LogP contribution in [0.15, 0.2) is 24.3 Å². The second-order valence-electron chi connectivity index (χ2n) is 3.44. The SMILES string of the molecule is CSCCC(Cc1ccccc1F)NN. The number of nitrogens with one attached hydrogen (secondary N) is 1. The molecular formula is C11H17FN2S.